The number of hydrogen-bond donors (Lipinski definition) is 0. The molecule has 0 aliphatic heterocycles. The highest BCUT2D eigenvalue weighted by atomic mass is 16.5. The van der Waals surface area contributed by atoms with Gasteiger partial charge in [0.2, 0.25) is 0 Å². The number of likely N-dealkylation sites (N-methyl/N-ethyl adjacent to an activating group) is 1. The van der Waals surface area contributed by atoms with Crippen LogP contribution in [0.15, 0.2) is 36.7 Å². The summed E-state index contributed by atoms with van der Waals surface area (Å²) in [6, 6.07) is 8.40. The Morgan fingerprint density at radius 2 is 2.00 bits per heavy atom. The van der Waals surface area contributed by atoms with Gasteiger partial charge in [-0.15, -0.1) is 0 Å². The Kier molecular flexibility index (Phi) is 4.83. The van der Waals surface area contributed by atoms with Crippen LogP contribution in [0.1, 0.15) is 45.9 Å². The summed E-state index contributed by atoms with van der Waals surface area (Å²) in [4.78, 5) is 24.2. The Hall–Kier alpha value is -3.06. The number of fused-ring (bicyclic) bond motifs is 3. The van der Waals surface area contributed by atoms with Crippen LogP contribution in [0, 0.1) is 0 Å². The van der Waals surface area contributed by atoms with Gasteiger partial charge in [-0.05, 0) is 36.8 Å². The Labute approximate surface area is 175 Å². The van der Waals surface area contributed by atoms with Crippen LogP contribution >= 0.6 is 0 Å². The predicted molar refractivity (Wildman–Crippen MR) is 113 cm³/mol. The molecular weight excluding hydrogens is 378 g/mol. The molecule has 2 heterocycles. The van der Waals surface area contributed by atoms with Gasteiger partial charge in [-0.1, -0.05) is 24.3 Å². The summed E-state index contributed by atoms with van der Waals surface area (Å²) in [5.74, 6) is 0.823. The summed E-state index contributed by atoms with van der Waals surface area (Å²) >= 11 is 0. The normalized spacial score (nSPS) is 14.9. The van der Waals surface area contributed by atoms with E-state index in [1.54, 1.807) is 29.9 Å². The molecule has 0 bridgehead atoms. The van der Waals surface area contributed by atoms with E-state index in [1.165, 1.54) is 5.56 Å². The van der Waals surface area contributed by atoms with Crippen LogP contribution in [-0.2, 0) is 17.6 Å². The Balaban J connectivity index is 1.55. The highest BCUT2D eigenvalue weighted by Crippen LogP contribution is 2.42. The van der Waals surface area contributed by atoms with Crippen molar-refractivity contribution in [3.05, 3.63) is 59.0 Å². The zero-order valence-electron chi connectivity index (χ0n) is 17.3. The molecule has 3 aromatic rings. The van der Waals surface area contributed by atoms with Crippen LogP contribution in [0.2, 0.25) is 0 Å². The van der Waals surface area contributed by atoms with E-state index in [0.29, 0.717) is 30.6 Å². The molecule has 30 heavy (non-hydrogen) atoms. The Bertz CT molecular complexity index is 1100. The third-order valence-corrected chi connectivity index (χ3v) is 5.96. The third kappa shape index (κ3) is 3.29. The maximum atomic E-state index is 13.0. The molecule has 0 unspecified atom stereocenters. The lowest BCUT2D eigenvalue weighted by atomic mass is 9.90. The number of rotatable bonds is 6. The fraction of sp³-hybridized carbons (Fsp3) is 0.391. The number of aromatic nitrogens is 4. The number of carbonyl (C=O) groups is 1. The van der Waals surface area contributed by atoms with E-state index < -0.39 is 0 Å². The fourth-order valence-corrected chi connectivity index (χ4v) is 4.12. The van der Waals surface area contributed by atoms with Gasteiger partial charge in [0.15, 0.2) is 0 Å². The second-order valence-electron chi connectivity index (χ2n) is 8.05. The highest BCUT2D eigenvalue weighted by molar-refractivity contribution is 5.95. The molecule has 5 rings (SSSR count). The van der Waals surface area contributed by atoms with Gasteiger partial charge in [-0.2, -0.15) is 5.10 Å². The van der Waals surface area contributed by atoms with Gasteiger partial charge in [-0.25, -0.2) is 14.6 Å². The molecule has 0 N–H and O–H groups in total. The van der Waals surface area contributed by atoms with Crippen molar-refractivity contribution in [1.82, 2.24) is 24.6 Å². The van der Waals surface area contributed by atoms with Crippen LogP contribution in [0.5, 0.6) is 0 Å². The average molecular weight is 403 g/mol. The fourth-order valence-electron chi connectivity index (χ4n) is 4.12. The van der Waals surface area contributed by atoms with Gasteiger partial charge in [0.25, 0.3) is 11.9 Å². The van der Waals surface area contributed by atoms with Crippen LogP contribution in [0.25, 0.3) is 17.2 Å². The molecule has 154 valence electrons. The van der Waals surface area contributed by atoms with Crippen LogP contribution in [-0.4, -0.2) is 57.9 Å². The topological polar surface area (TPSA) is 73.1 Å². The second kappa shape index (κ2) is 7.65. The lowest BCUT2D eigenvalue weighted by Gasteiger charge is -2.19. The lowest BCUT2D eigenvalue weighted by Crippen LogP contribution is -2.30. The van der Waals surface area contributed by atoms with Crippen molar-refractivity contribution in [3.8, 4) is 17.2 Å². The van der Waals surface area contributed by atoms with E-state index in [0.717, 1.165) is 48.2 Å². The van der Waals surface area contributed by atoms with Crippen molar-refractivity contribution in [2.24, 2.45) is 0 Å². The van der Waals surface area contributed by atoms with E-state index in [4.69, 9.17) is 9.72 Å². The first kappa shape index (κ1) is 18.9. The quantitative estimate of drug-likeness (QED) is 0.633. The molecule has 2 aromatic heterocycles. The average Bonchev–Trinajstić information content (AvgIpc) is 3.54. The molecule has 2 aliphatic carbocycles. The molecular formula is C23H25N5O2. The summed E-state index contributed by atoms with van der Waals surface area (Å²) in [7, 11) is 3.43. The molecule has 2 aliphatic rings. The minimum absolute atomic E-state index is 0.0384. The maximum Gasteiger partial charge on any atom is 0.257 e. The first-order chi connectivity index (χ1) is 14.7. The molecule has 0 spiro atoms. The summed E-state index contributed by atoms with van der Waals surface area (Å²) in [6.45, 7) is 1.04. The summed E-state index contributed by atoms with van der Waals surface area (Å²) in [5.41, 5.74) is 6.18. The SMILES string of the molecule is COCCN(C)C(=O)c1cnn(-c2ncc3c(n2)-c2ccccc2CC3)c1C1CC1. The number of benzene rings is 1. The number of hydrogen-bond acceptors (Lipinski definition) is 5. The number of methoxy groups -OCH3 is 1. The zero-order valence-corrected chi connectivity index (χ0v) is 17.3. The second-order valence-corrected chi connectivity index (χ2v) is 8.05. The molecule has 1 saturated carbocycles. The van der Waals surface area contributed by atoms with Crippen LogP contribution in [0.3, 0.4) is 0 Å². The monoisotopic (exact) mass is 403 g/mol. The number of amides is 1. The summed E-state index contributed by atoms with van der Waals surface area (Å²) < 4.78 is 6.88. The number of aryl methyl sites for hydroxylation is 2. The third-order valence-electron chi connectivity index (χ3n) is 5.96. The maximum absolute atomic E-state index is 13.0. The number of nitrogens with zero attached hydrogens (tertiary/aromatic N) is 5. The molecule has 1 aromatic carbocycles. The minimum Gasteiger partial charge on any atom is -0.383 e. The van der Waals surface area contributed by atoms with Crippen molar-refractivity contribution >= 4 is 5.91 Å². The molecule has 0 radical (unpaired) electrons. The van der Waals surface area contributed by atoms with Crippen molar-refractivity contribution in [2.45, 2.75) is 31.6 Å². The standard InChI is InChI=1S/C23H25N5O2/c1-27(11-12-30-2)22(29)19-14-25-28(21(19)16-8-9-16)23-24-13-17-10-7-15-5-3-4-6-18(15)20(17)26-23/h3-6,13-14,16H,7-12H2,1-2H3. The van der Waals surface area contributed by atoms with E-state index in [9.17, 15) is 4.79 Å². The first-order valence-corrected chi connectivity index (χ1v) is 10.4. The van der Waals surface area contributed by atoms with Gasteiger partial charge in [0.1, 0.15) is 0 Å². The molecule has 1 fully saturated rings. The first-order valence-electron chi connectivity index (χ1n) is 10.4. The molecule has 7 heteroatoms. The van der Waals surface area contributed by atoms with Crippen molar-refractivity contribution in [3.63, 3.8) is 0 Å². The highest BCUT2D eigenvalue weighted by Gasteiger charge is 2.34. The predicted octanol–water partition coefficient (Wildman–Crippen LogP) is 3.02. The van der Waals surface area contributed by atoms with Crippen LogP contribution < -0.4 is 0 Å². The summed E-state index contributed by atoms with van der Waals surface area (Å²) in [5, 5.41) is 4.55. The summed E-state index contributed by atoms with van der Waals surface area (Å²) in [6.07, 6.45) is 7.64. The van der Waals surface area contributed by atoms with Gasteiger partial charge >= 0.3 is 0 Å². The van der Waals surface area contributed by atoms with Crippen molar-refractivity contribution in [1.29, 1.82) is 0 Å². The number of carbonyl (C=O) groups excluding carboxylic acids is 1. The van der Waals surface area contributed by atoms with E-state index >= 15 is 0 Å². The molecule has 0 atom stereocenters. The van der Waals surface area contributed by atoms with Crippen molar-refractivity contribution in [2.75, 3.05) is 27.3 Å². The Morgan fingerprint density at radius 3 is 2.80 bits per heavy atom. The molecule has 0 saturated heterocycles. The van der Waals surface area contributed by atoms with Gasteiger partial charge < -0.3 is 9.64 Å². The van der Waals surface area contributed by atoms with Crippen LogP contribution in [0.4, 0.5) is 0 Å². The Morgan fingerprint density at radius 1 is 1.20 bits per heavy atom. The van der Waals surface area contributed by atoms with E-state index in [2.05, 4.69) is 28.3 Å². The smallest absolute Gasteiger partial charge is 0.257 e. The molecule has 7 nitrogen and oxygen atoms in total. The van der Waals surface area contributed by atoms with Crippen molar-refractivity contribution < 1.29 is 9.53 Å². The number of ether oxygens (including phenoxy) is 1. The minimum atomic E-state index is -0.0384. The van der Waals surface area contributed by atoms with Gasteiger partial charge in [0.05, 0.1) is 29.8 Å². The van der Waals surface area contributed by atoms with E-state index in [1.807, 2.05) is 12.3 Å². The molecule has 1 amide bonds. The largest absolute Gasteiger partial charge is 0.383 e. The van der Waals surface area contributed by atoms with Gasteiger partial charge in [0, 0.05) is 38.4 Å². The van der Waals surface area contributed by atoms with Gasteiger partial charge in [-0.3, -0.25) is 4.79 Å². The van der Waals surface area contributed by atoms with E-state index in [-0.39, 0.29) is 5.91 Å². The lowest BCUT2D eigenvalue weighted by molar-refractivity contribution is 0.0743. The zero-order chi connectivity index (χ0) is 20.7.